The van der Waals surface area contributed by atoms with Gasteiger partial charge in [-0.2, -0.15) is 0 Å². The number of carboxylic acid groups (broad SMARTS) is 1. The van der Waals surface area contributed by atoms with Crippen molar-refractivity contribution >= 4 is 70.0 Å². The lowest BCUT2D eigenvalue weighted by Crippen LogP contribution is -2.38. The van der Waals surface area contributed by atoms with Crippen molar-refractivity contribution in [2.45, 2.75) is 12.5 Å². The summed E-state index contributed by atoms with van der Waals surface area (Å²) in [4.78, 5) is 42.9. The van der Waals surface area contributed by atoms with E-state index in [4.69, 9.17) is 57.2 Å². The van der Waals surface area contributed by atoms with Gasteiger partial charge in [0.2, 0.25) is 0 Å². The summed E-state index contributed by atoms with van der Waals surface area (Å²) in [6, 6.07) is 10.7. The highest BCUT2D eigenvalue weighted by atomic mass is 35.5. The van der Waals surface area contributed by atoms with Gasteiger partial charge in [0.1, 0.15) is 11.9 Å². The van der Waals surface area contributed by atoms with Crippen molar-refractivity contribution in [2.24, 2.45) is 5.73 Å². The summed E-state index contributed by atoms with van der Waals surface area (Å²) in [7, 11) is 0. The van der Waals surface area contributed by atoms with E-state index in [1.807, 2.05) is 0 Å². The maximum Gasteiger partial charge on any atom is 0.320 e. The van der Waals surface area contributed by atoms with Gasteiger partial charge in [-0.25, -0.2) is 9.88 Å². The van der Waals surface area contributed by atoms with Crippen LogP contribution in [-0.2, 0) is 11.2 Å². The summed E-state index contributed by atoms with van der Waals surface area (Å²) in [5, 5.41) is 9.10. The molecule has 11 heteroatoms. The minimum absolute atomic E-state index is 0.00279. The third-order valence-electron chi connectivity index (χ3n) is 4.57. The molecule has 0 aliphatic rings. The first kappa shape index (κ1) is 25.0. The second-order valence-corrected chi connectivity index (χ2v) is 8.44. The summed E-state index contributed by atoms with van der Waals surface area (Å²) >= 11 is 24.8. The molecule has 2 amide bonds. The predicted octanol–water partition coefficient (Wildman–Crippen LogP) is 5.14. The van der Waals surface area contributed by atoms with Crippen LogP contribution in [0.5, 0.6) is 0 Å². The van der Waals surface area contributed by atoms with Gasteiger partial charge in [0.25, 0.3) is 11.8 Å². The molecule has 0 fully saturated rings. The minimum atomic E-state index is -1.17. The van der Waals surface area contributed by atoms with E-state index in [9.17, 15) is 14.4 Å². The van der Waals surface area contributed by atoms with E-state index in [0.717, 1.165) is 4.90 Å². The van der Waals surface area contributed by atoms with Gasteiger partial charge in [-0.1, -0.05) is 64.6 Å². The van der Waals surface area contributed by atoms with Crippen LogP contribution in [0.4, 0.5) is 5.82 Å². The number of aliphatic carboxylic acids is 1. The molecule has 1 atom stereocenters. The van der Waals surface area contributed by atoms with Gasteiger partial charge in [0, 0.05) is 6.20 Å². The van der Waals surface area contributed by atoms with Crippen molar-refractivity contribution in [3.63, 3.8) is 0 Å². The van der Waals surface area contributed by atoms with E-state index < -0.39 is 23.8 Å². The Kier molecular flexibility index (Phi) is 7.94. The van der Waals surface area contributed by atoms with Gasteiger partial charge in [0.15, 0.2) is 0 Å². The van der Waals surface area contributed by atoms with Crippen LogP contribution in [0.1, 0.15) is 26.3 Å². The fraction of sp³-hybridized carbons (Fsp3) is 0.0909. The first-order valence-electron chi connectivity index (χ1n) is 9.32. The number of anilines is 1. The molecule has 0 bridgehead atoms. The molecule has 1 heterocycles. The molecule has 2 aromatic carbocycles. The molecule has 1 aromatic heterocycles. The fourth-order valence-corrected chi connectivity index (χ4v) is 4.06. The third-order valence-corrected chi connectivity index (χ3v) is 5.83. The zero-order valence-electron chi connectivity index (χ0n) is 16.6. The number of rotatable bonds is 6. The maximum atomic E-state index is 13.5. The second kappa shape index (κ2) is 10.5. The molecule has 7 nitrogen and oxygen atoms in total. The van der Waals surface area contributed by atoms with Gasteiger partial charge in [-0.15, -0.1) is 0 Å². The van der Waals surface area contributed by atoms with Crippen LogP contribution >= 0.6 is 46.4 Å². The van der Waals surface area contributed by atoms with Crippen molar-refractivity contribution in [3.05, 3.63) is 91.5 Å². The van der Waals surface area contributed by atoms with Crippen LogP contribution in [0, 0.1) is 0 Å². The summed E-state index contributed by atoms with van der Waals surface area (Å²) < 4.78 is 0. The number of carboxylic acids is 1. The molecule has 33 heavy (non-hydrogen) atoms. The summed E-state index contributed by atoms with van der Waals surface area (Å²) in [5.74, 6) is -2.96. The monoisotopic (exact) mass is 525 g/mol. The molecule has 0 radical (unpaired) electrons. The Morgan fingerprint density at radius 1 is 0.848 bits per heavy atom. The lowest BCUT2D eigenvalue weighted by molar-refractivity contribution is -0.138. The Balaban J connectivity index is 2.11. The van der Waals surface area contributed by atoms with E-state index in [1.54, 1.807) is 12.1 Å². The molecular formula is C22H15Cl4N3O4. The van der Waals surface area contributed by atoms with Crippen molar-refractivity contribution in [2.75, 3.05) is 4.90 Å². The van der Waals surface area contributed by atoms with E-state index in [-0.39, 0.29) is 43.5 Å². The molecule has 0 aliphatic heterocycles. The second-order valence-electron chi connectivity index (χ2n) is 6.81. The maximum absolute atomic E-state index is 13.5. The number of pyridine rings is 1. The van der Waals surface area contributed by atoms with Gasteiger partial charge in [-0.05, 0) is 42.3 Å². The SMILES string of the molecule is N[C@@H](Cc1ccc(N(C(=O)c2c(Cl)cccc2Cl)C(=O)c2c(Cl)cccc2Cl)nc1)C(=O)O. The van der Waals surface area contributed by atoms with Crippen LogP contribution in [0.25, 0.3) is 0 Å². The minimum Gasteiger partial charge on any atom is -0.480 e. The van der Waals surface area contributed by atoms with Crippen molar-refractivity contribution in [3.8, 4) is 0 Å². The highest BCUT2D eigenvalue weighted by Gasteiger charge is 2.32. The van der Waals surface area contributed by atoms with Gasteiger partial charge in [-0.3, -0.25) is 14.4 Å². The predicted molar refractivity (Wildman–Crippen MR) is 128 cm³/mol. The number of imide groups is 1. The highest BCUT2D eigenvalue weighted by Crippen LogP contribution is 2.31. The Morgan fingerprint density at radius 2 is 1.30 bits per heavy atom. The topological polar surface area (TPSA) is 114 Å². The van der Waals surface area contributed by atoms with Crippen molar-refractivity contribution in [1.82, 2.24) is 4.98 Å². The van der Waals surface area contributed by atoms with E-state index in [2.05, 4.69) is 4.98 Å². The number of carbonyl (C=O) groups is 3. The number of aromatic nitrogens is 1. The number of amides is 2. The normalized spacial score (nSPS) is 11.7. The average Bonchev–Trinajstić information content (AvgIpc) is 2.75. The van der Waals surface area contributed by atoms with Crippen LogP contribution in [0.3, 0.4) is 0 Å². The number of hydrogen-bond donors (Lipinski definition) is 2. The standard InChI is InChI=1S/C22H15Cl4N3O4/c23-12-3-1-4-13(24)18(12)20(30)29(21(31)19-14(25)5-2-6-15(19)26)17-8-7-11(10-28-17)9-16(27)22(32)33/h1-8,10,16H,9,27H2,(H,32,33)/t16-/m0/s1. The van der Waals surface area contributed by atoms with Crippen LogP contribution in [0.2, 0.25) is 20.1 Å². The molecule has 170 valence electrons. The smallest absolute Gasteiger partial charge is 0.320 e. The first-order chi connectivity index (χ1) is 15.6. The molecule has 0 aliphatic carbocycles. The van der Waals surface area contributed by atoms with Crippen molar-refractivity contribution < 1.29 is 19.5 Å². The van der Waals surface area contributed by atoms with Crippen LogP contribution in [0.15, 0.2) is 54.7 Å². The van der Waals surface area contributed by atoms with E-state index in [0.29, 0.717) is 5.56 Å². The largest absolute Gasteiger partial charge is 0.480 e. The van der Waals surface area contributed by atoms with Gasteiger partial charge < -0.3 is 10.8 Å². The van der Waals surface area contributed by atoms with E-state index >= 15 is 0 Å². The number of carbonyl (C=O) groups excluding carboxylic acids is 2. The zero-order valence-corrected chi connectivity index (χ0v) is 19.7. The molecule has 0 spiro atoms. The number of halogens is 4. The summed E-state index contributed by atoms with van der Waals surface area (Å²) in [5.41, 5.74) is 5.81. The lowest BCUT2D eigenvalue weighted by atomic mass is 10.1. The molecule has 3 aromatic rings. The molecule has 0 unspecified atom stereocenters. The van der Waals surface area contributed by atoms with Gasteiger partial charge in [0.05, 0.1) is 31.2 Å². The first-order valence-corrected chi connectivity index (χ1v) is 10.8. The average molecular weight is 527 g/mol. The van der Waals surface area contributed by atoms with Crippen molar-refractivity contribution in [1.29, 1.82) is 0 Å². The molecule has 0 saturated carbocycles. The molecular weight excluding hydrogens is 512 g/mol. The Morgan fingerprint density at radius 3 is 1.67 bits per heavy atom. The lowest BCUT2D eigenvalue weighted by Gasteiger charge is -2.22. The number of benzene rings is 2. The highest BCUT2D eigenvalue weighted by molar-refractivity contribution is 6.45. The number of nitrogens with zero attached hydrogens (tertiary/aromatic N) is 2. The Labute approximate surface area is 208 Å². The zero-order chi connectivity index (χ0) is 24.3. The van der Waals surface area contributed by atoms with E-state index in [1.165, 1.54) is 42.6 Å². The van der Waals surface area contributed by atoms with Crippen LogP contribution < -0.4 is 10.6 Å². The summed E-state index contributed by atoms with van der Waals surface area (Å²) in [6.07, 6.45) is 1.31. The quantitative estimate of drug-likeness (QED) is 0.430. The molecule has 0 saturated heterocycles. The van der Waals surface area contributed by atoms with Gasteiger partial charge >= 0.3 is 5.97 Å². The Hall–Kier alpha value is -2.68. The van der Waals surface area contributed by atoms with Crippen LogP contribution in [-0.4, -0.2) is 33.9 Å². The molecule has 3 rings (SSSR count). The summed E-state index contributed by atoms with van der Waals surface area (Å²) in [6.45, 7) is 0. The molecule has 3 N–H and O–H groups in total. The number of nitrogens with two attached hydrogens (primary N) is 1. The Bertz CT molecular complexity index is 1130. The fourth-order valence-electron chi connectivity index (χ4n) is 2.94. The number of hydrogen-bond acceptors (Lipinski definition) is 5. The third kappa shape index (κ3) is 5.46.